The highest BCUT2D eigenvalue weighted by Crippen LogP contribution is 2.27. The van der Waals surface area contributed by atoms with E-state index in [4.69, 9.17) is 5.11 Å². The molecule has 0 aliphatic heterocycles. The highest BCUT2D eigenvalue weighted by atomic mass is 16.4. The zero-order valence-electron chi connectivity index (χ0n) is 11.1. The first kappa shape index (κ1) is 13.6. The van der Waals surface area contributed by atoms with Gasteiger partial charge in [-0.2, -0.15) is 0 Å². The molecule has 1 saturated carbocycles. The quantitative estimate of drug-likeness (QED) is 0.868. The summed E-state index contributed by atoms with van der Waals surface area (Å²) in [6.45, 7) is 0. The largest absolute Gasteiger partial charge is 0.481 e. The number of carboxylic acids is 1. The van der Waals surface area contributed by atoms with Gasteiger partial charge in [0, 0.05) is 25.0 Å². The third-order valence-electron chi connectivity index (χ3n) is 3.99. The highest BCUT2D eigenvalue weighted by Gasteiger charge is 2.29. The summed E-state index contributed by atoms with van der Waals surface area (Å²) in [5, 5.41) is 8.96. The molecule has 1 aromatic heterocycles. The van der Waals surface area contributed by atoms with Gasteiger partial charge in [-0.15, -0.1) is 0 Å². The van der Waals surface area contributed by atoms with Gasteiger partial charge in [-0.05, 0) is 37.8 Å². The van der Waals surface area contributed by atoms with Crippen molar-refractivity contribution in [3.8, 4) is 0 Å². The molecule has 0 saturated heterocycles. The van der Waals surface area contributed by atoms with Crippen LogP contribution in [-0.2, 0) is 16.0 Å². The Morgan fingerprint density at radius 2 is 2.05 bits per heavy atom. The molecule has 0 unspecified atom stereocenters. The molecule has 1 aliphatic carbocycles. The van der Waals surface area contributed by atoms with Gasteiger partial charge < -0.3 is 15.0 Å². The summed E-state index contributed by atoms with van der Waals surface area (Å²) in [4.78, 5) is 27.8. The monoisotopic (exact) mass is 264 g/mol. The van der Waals surface area contributed by atoms with E-state index in [-0.39, 0.29) is 17.9 Å². The number of aromatic nitrogens is 1. The molecule has 0 radical (unpaired) electrons. The van der Waals surface area contributed by atoms with E-state index in [0.717, 1.165) is 18.5 Å². The molecule has 1 heterocycles. The maximum Gasteiger partial charge on any atom is 0.306 e. The first-order valence-corrected chi connectivity index (χ1v) is 6.68. The molecule has 1 aliphatic rings. The van der Waals surface area contributed by atoms with Crippen LogP contribution in [0.2, 0.25) is 0 Å². The fourth-order valence-electron chi connectivity index (χ4n) is 2.68. The van der Waals surface area contributed by atoms with Crippen molar-refractivity contribution in [2.24, 2.45) is 5.92 Å². The lowest BCUT2D eigenvalue weighted by atomic mass is 9.85. The third kappa shape index (κ3) is 3.36. The topological polar surface area (TPSA) is 73.4 Å². The van der Waals surface area contributed by atoms with E-state index in [1.165, 1.54) is 0 Å². The molecule has 104 valence electrons. The number of carbonyl (C=O) groups excluding carboxylic acids is 1. The van der Waals surface area contributed by atoms with Crippen LogP contribution in [0.4, 0.5) is 0 Å². The van der Waals surface area contributed by atoms with Gasteiger partial charge in [-0.1, -0.05) is 0 Å². The van der Waals surface area contributed by atoms with Crippen molar-refractivity contribution in [1.29, 1.82) is 0 Å². The average Bonchev–Trinajstić information content (AvgIpc) is 2.90. The van der Waals surface area contributed by atoms with Gasteiger partial charge >= 0.3 is 5.97 Å². The number of hydrogen-bond acceptors (Lipinski definition) is 2. The molecule has 0 spiro atoms. The average molecular weight is 264 g/mol. The smallest absolute Gasteiger partial charge is 0.306 e. The summed E-state index contributed by atoms with van der Waals surface area (Å²) in [5.41, 5.74) is 0.913. The third-order valence-corrected chi connectivity index (χ3v) is 3.99. The predicted molar refractivity (Wildman–Crippen MR) is 70.6 cm³/mol. The summed E-state index contributed by atoms with van der Waals surface area (Å²) in [5.74, 6) is -0.858. The van der Waals surface area contributed by atoms with Crippen LogP contribution in [0.25, 0.3) is 0 Å². The number of amides is 1. The summed E-state index contributed by atoms with van der Waals surface area (Å²) < 4.78 is 0. The second kappa shape index (κ2) is 5.91. The molecule has 19 heavy (non-hydrogen) atoms. The number of hydrogen-bond donors (Lipinski definition) is 2. The Labute approximate surface area is 112 Å². The lowest BCUT2D eigenvalue weighted by Gasteiger charge is -2.33. The van der Waals surface area contributed by atoms with E-state index in [0.29, 0.717) is 19.3 Å². The molecule has 1 amide bonds. The Bertz CT molecular complexity index is 434. The lowest BCUT2D eigenvalue weighted by molar-refractivity contribution is -0.143. The van der Waals surface area contributed by atoms with Crippen LogP contribution in [0, 0.1) is 5.92 Å². The van der Waals surface area contributed by atoms with E-state index in [1.807, 2.05) is 19.2 Å². The lowest BCUT2D eigenvalue weighted by Crippen LogP contribution is -2.41. The maximum absolute atomic E-state index is 12.1. The number of likely N-dealkylation sites (N-methyl/N-ethyl adjacent to an activating group) is 1. The Balaban J connectivity index is 1.85. The number of nitrogens with zero attached hydrogens (tertiary/aromatic N) is 1. The zero-order valence-corrected chi connectivity index (χ0v) is 11.1. The molecule has 5 heteroatoms. The number of aliphatic carboxylic acids is 1. The van der Waals surface area contributed by atoms with Crippen molar-refractivity contribution in [2.75, 3.05) is 7.05 Å². The van der Waals surface area contributed by atoms with E-state index < -0.39 is 5.97 Å². The number of aromatic amines is 1. The van der Waals surface area contributed by atoms with Gasteiger partial charge in [-0.25, -0.2) is 0 Å². The first-order valence-electron chi connectivity index (χ1n) is 6.68. The first-order chi connectivity index (χ1) is 9.08. The fourth-order valence-corrected chi connectivity index (χ4v) is 2.68. The van der Waals surface area contributed by atoms with Crippen LogP contribution in [0.5, 0.6) is 0 Å². The van der Waals surface area contributed by atoms with Gasteiger partial charge in [-0.3, -0.25) is 9.59 Å². The van der Waals surface area contributed by atoms with E-state index >= 15 is 0 Å². The Morgan fingerprint density at radius 1 is 1.37 bits per heavy atom. The van der Waals surface area contributed by atoms with Crippen LogP contribution in [0.1, 0.15) is 31.4 Å². The highest BCUT2D eigenvalue weighted by molar-refractivity contribution is 5.78. The van der Waals surface area contributed by atoms with E-state index in [2.05, 4.69) is 4.98 Å². The van der Waals surface area contributed by atoms with E-state index in [1.54, 1.807) is 11.1 Å². The van der Waals surface area contributed by atoms with Crippen molar-refractivity contribution in [3.05, 3.63) is 24.0 Å². The summed E-state index contributed by atoms with van der Waals surface area (Å²) in [6, 6.07) is 3.95. The molecule has 1 aromatic rings. The van der Waals surface area contributed by atoms with Gasteiger partial charge in [0.25, 0.3) is 0 Å². The van der Waals surface area contributed by atoms with Crippen LogP contribution in [-0.4, -0.2) is 40.0 Å². The standard InChI is InChI=1S/C14H20N2O3/c1-16(13(17)9-11-3-2-8-15-11)12-6-4-10(5-7-12)14(18)19/h2-3,8,10,12,15H,4-7,9H2,1H3,(H,18,19). The Kier molecular flexibility index (Phi) is 4.24. The Morgan fingerprint density at radius 3 is 2.58 bits per heavy atom. The predicted octanol–water partition coefficient (Wildman–Crippen LogP) is 1.66. The number of carbonyl (C=O) groups is 2. The van der Waals surface area contributed by atoms with Gasteiger partial charge in [0.1, 0.15) is 0 Å². The molecule has 1 fully saturated rings. The molecular formula is C14H20N2O3. The van der Waals surface area contributed by atoms with Crippen molar-refractivity contribution >= 4 is 11.9 Å². The number of carboxylic acid groups (broad SMARTS) is 1. The van der Waals surface area contributed by atoms with Gasteiger partial charge in [0.15, 0.2) is 0 Å². The number of nitrogens with one attached hydrogen (secondary N) is 1. The van der Waals surface area contributed by atoms with Gasteiger partial charge in [0.05, 0.1) is 12.3 Å². The Hall–Kier alpha value is -1.78. The maximum atomic E-state index is 12.1. The van der Waals surface area contributed by atoms with Gasteiger partial charge in [0.2, 0.25) is 5.91 Å². The van der Waals surface area contributed by atoms with Crippen LogP contribution < -0.4 is 0 Å². The van der Waals surface area contributed by atoms with Crippen LogP contribution >= 0.6 is 0 Å². The van der Waals surface area contributed by atoms with Crippen molar-refractivity contribution in [1.82, 2.24) is 9.88 Å². The number of rotatable bonds is 4. The molecule has 0 atom stereocenters. The van der Waals surface area contributed by atoms with Crippen molar-refractivity contribution < 1.29 is 14.7 Å². The minimum absolute atomic E-state index is 0.0845. The molecular weight excluding hydrogens is 244 g/mol. The summed E-state index contributed by atoms with van der Waals surface area (Å²) in [7, 11) is 1.82. The van der Waals surface area contributed by atoms with Crippen molar-refractivity contribution in [2.45, 2.75) is 38.1 Å². The summed E-state index contributed by atoms with van der Waals surface area (Å²) in [6.07, 6.45) is 5.08. The zero-order chi connectivity index (χ0) is 13.8. The molecule has 2 N–H and O–H groups in total. The SMILES string of the molecule is CN(C(=O)Cc1ccc[nH]1)C1CCC(C(=O)O)CC1. The molecule has 2 rings (SSSR count). The normalized spacial score (nSPS) is 23.0. The van der Waals surface area contributed by atoms with Crippen LogP contribution in [0.15, 0.2) is 18.3 Å². The second-order valence-electron chi connectivity index (χ2n) is 5.22. The van der Waals surface area contributed by atoms with Crippen molar-refractivity contribution in [3.63, 3.8) is 0 Å². The number of H-pyrrole nitrogens is 1. The minimum Gasteiger partial charge on any atom is -0.481 e. The summed E-state index contributed by atoms with van der Waals surface area (Å²) >= 11 is 0. The van der Waals surface area contributed by atoms with E-state index in [9.17, 15) is 9.59 Å². The molecule has 5 nitrogen and oxygen atoms in total. The second-order valence-corrected chi connectivity index (χ2v) is 5.22. The molecule has 0 aromatic carbocycles. The van der Waals surface area contributed by atoms with Crippen LogP contribution in [0.3, 0.4) is 0 Å². The molecule has 0 bridgehead atoms. The fraction of sp³-hybridized carbons (Fsp3) is 0.571. The minimum atomic E-state index is -0.709.